The fraction of sp³-hybridized carbons (Fsp3) is 0.533. The number of alkyl halides is 1. The lowest BCUT2D eigenvalue weighted by Gasteiger charge is -2.32. The number of urea groups is 1. The fourth-order valence-electron chi connectivity index (χ4n) is 3.24. The van der Waals surface area contributed by atoms with E-state index in [2.05, 4.69) is 5.32 Å². The Labute approximate surface area is 139 Å². The van der Waals surface area contributed by atoms with Gasteiger partial charge in [0.1, 0.15) is 11.7 Å². The minimum atomic E-state index is -0.488. The second kappa shape index (κ2) is 6.23. The minimum Gasteiger partial charge on any atom is -0.348 e. The van der Waals surface area contributed by atoms with Crippen molar-refractivity contribution in [2.45, 2.75) is 24.9 Å². The van der Waals surface area contributed by atoms with E-state index in [-0.39, 0.29) is 36.3 Å². The second-order valence-electron chi connectivity index (χ2n) is 5.87. The predicted molar refractivity (Wildman–Crippen MR) is 84.2 cm³/mol. The average Bonchev–Trinajstić information content (AvgIpc) is 3.05. The third-order valence-electron chi connectivity index (χ3n) is 4.45. The van der Waals surface area contributed by atoms with E-state index in [1.165, 1.54) is 4.90 Å². The normalized spacial score (nSPS) is 24.1. The number of hydrogen-bond acceptors (Lipinski definition) is 3. The number of nitrogens with zero attached hydrogens (tertiary/aromatic N) is 3. The molecule has 0 aliphatic carbocycles. The molecule has 3 heterocycles. The van der Waals surface area contributed by atoms with Crippen LogP contribution in [0.15, 0.2) is 18.3 Å². The summed E-state index contributed by atoms with van der Waals surface area (Å²) in [5, 5.41) is 2.96. The third kappa shape index (κ3) is 2.81. The van der Waals surface area contributed by atoms with Gasteiger partial charge in [-0.3, -0.25) is 14.5 Å². The van der Waals surface area contributed by atoms with Crippen molar-refractivity contribution in [3.05, 3.63) is 24.0 Å². The monoisotopic (exact) mass is 338 g/mol. The molecule has 0 bridgehead atoms. The number of imide groups is 1. The number of halogens is 1. The Kier molecular flexibility index (Phi) is 4.30. The van der Waals surface area contributed by atoms with E-state index in [1.807, 2.05) is 0 Å². The van der Waals surface area contributed by atoms with Crippen molar-refractivity contribution in [2.24, 2.45) is 7.05 Å². The van der Waals surface area contributed by atoms with Gasteiger partial charge in [-0.15, -0.1) is 11.6 Å². The van der Waals surface area contributed by atoms with Gasteiger partial charge in [-0.05, 0) is 25.0 Å². The van der Waals surface area contributed by atoms with Gasteiger partial charge in [0.25, 0.3) is 11.8 Å². The van der Waals surface area contributed by atoms with Crippen LogP contribution in [-0.4, -0.2) is 63.3 Å². The van der Waals surface area contributed by atoms with Gasteiger partial charge < -0.3 is 14.8 Å². The first-order valence-corrected chi connectivity index (χ1v) is 8.16. The van der Waals surface area contributed by atoms with E-state index < -0.39 is 6.04 Å². The van der Waals surface area contributed by atoms with E-state index in [4.69, 9.17) is 11.6 Å². The zero-order chi connectivity index (χ0) is 16.6. The van der Waals surface area contributed by atoms with Crippen molar-refractivity contribution in [2.75, 3.05) is 19.0 Å². The number of fused-ring (bicyclic) bond motifs is 1. The van der Waals surface area contributed by atoms with E-state index in [1.54, 1.807) is 34.8 Å². The quantitative estimate of drug-likeness (QED) is 0.651. The van der Waals surface area contributed by atoms with Gasteiger partial charge in [0.05, 0.1) is 0 Å². The Bertz CT molecular complexity index is 644. The van der Waals surface area contributed by atoms with Gasteiger partial charge >= 0.3 is 6.03 Å². The molecule has 2 saturated heterocycles. The Balaban J connectivity index is 1.66. The molecule has 2 unspecified atom stereocenters. The van der Waals surface area contributed by atoms with Gasteiger partial charge in [-0.1, -0.05) is 0 Å². The maximum atomic E-state index is 12.3. The summed E-state index contributed by atoms with van der Waals surface area (Å²) in [6, 6.07) is 2.68. The van der Waals surface area contributed by atoms with Crippen LogP contribution in [0.5, 0.6) is 0 Å². The number of rotatable bonds is 4. The van der Waals surface area contributed by atoms with Crippen LogP contribution in [0.1, 0.15) is 23.3 Å². The number of amides is 4. The van der Waals surface area contributed by atoms with E-state index >= 15 is 0 Å². The highest BCUT2D eigenvalue weighted by Gasteiger charge is 2.47. The Morgan fingerprint density at radius 3 is 2.87 bits per heavy atom. The summed E-state index contributed by atoms with van der Waals surface area (Å²) in [6.07, 6.45) is 2.89. The maximum Gasteiger partial charge on any atom is 0.327 e. The number of hydrogen-bond donors (Lipinski definition) is 1. The molecular weight excluding hydrogens is 320 g/mol. The molecule has 1 N–H and O–H groups in total. The van der Waals surface area contributed by atoms with Crippen molar-refractivity contribution < 1.29 is 14.4 Å². The molecule has 1 aromatic heterocycles. The standard InChI is InChI=1S/C15H19ClN4O3/c1-18-6-2-3-11(18)13(21)17-10-4-7-19-12(9-10)14(22)20(8-5-16)15(19)23/h2-3,6,10,12H,4-5,7-9H2,1H3,(H,17,21). The van der Waals surface area contributed by atoms with Crippen LogP contribution in [0.3, 0.4) is 0 Å². The molecule has 2 atom stereocenters. The Hall–Kier alpha value is -2.02. The molecule has 2 aliphatic rings. The molecule has 124 valence electrons. The minimum absolute atomic E-state index is 0.119. The molecule has 1 aromatic rings. The number of aromatic nitrogens is 1. The fourth-order valence-corrected chi connectivity index (χ4v) is 3.40. The molecule has 8 heteroatoms. The molecule has 4 amide bonds. The lowest BCUT2D eigenvalue weighted by molar-refractivity contribution is -0.128. The zero-order valence-corrected chi connectivity index (χ0v) is 13.6. The Morgan fingerprint density at radius 2 is 2.22 bits per heavy atom. The van der Waals surface area contributed by atoms with Crippen molar-refractivity contribution in [3.8, 4) is 0 Å². The summed E-state index contributed by atoms with van der Waals surface area (Å²) in [6.45, 7) is 0.693. The topological polar surface area (TPSA) is 74.7 Å². The highest BCUT2D eigenvalue weighted by molar-refractivity contribution is 6.18. The van der Waals surface area contributed by atoms with Gasteiger partial charge in [0, 0.05) is 38.3 Å². The van der Waals surface area contributed by atoms with E-state index in [0.717, 1.165) is 0 Å². The molecular formula is C15H19ClN4O3. The first-order valence-electron chi connectivity index (χ1n) is 7.63. The van der Waals surface area contributed by atoms with Gasteiger partial charge in [0.15, 0.2) is 0 Å². The summed E-state index contributed by atoms with van der Waals surface area (Å²) in [4.78, 5) is 39.6. The Morgan fingerprint density at radius 1 is 1.43 bits per heavy atom. The molecule has 0 aromatic carbocycles. The lowest BCUT2D eigenvalue weighted by Crippen LogP contribution is -2.50. The van der Waals surface area contributed by atoms with Crippen molar-refractivity contribution in [3.63, 3.8) is 0 Å². The summed E-state index contributed by atoms with van der Waals surface area (Å²) < 4.78 is 1.75. The van der Waals surface area contributed by atoms with Crippen LogP contribution in [0, 0.1) is 0 Å². The summed E-state index contributed by atoms with van der Waals surface area (Å²) in [5.74, 6) is -0.148. The van der Waals surface area contributed by atoms with Crippen LogP contribution >= 0.6 is 11.6 Å². The molecule has 0 saturated carbocycles. The summed E-state index contributed by atoms with van der Waals surface area (Å²) >= 11 is 5.66. The molecule has 2 aliphatic heterocycles. The maximum absolute atomic E-state index is 12.3. The van der Waals surface area contributed by atoms with Crippen LogP contribution in [0.25, 0.3) is 0 Å². The first-order chi connectivity index (χ1) is 11.0. The highest BCUT2D eigenvalue weighted by Crippen LogP contribution is 2.27. The van der Waals surface area contributed by atoms with Crippen molar-refractivity contribution in [1.82, 2.24) is 19.7 Å². The van der Waals surface area contributed by atoms with Crippen molar-refractivity contribution >= 4 is 29.4 Å². The summed E-state index contributed by atoms with van der Waals surface area (Å²) in [7, 11) is 1.81. The number of piperidine rings is 1. The predicted octanol–water partition coefficient (Wildman–Crippen LogP) is 0.789. The lowest BCUT2D eigenvalue weighted by atomic mass is 9.98. The highest BCUT2D eigenvalue weighted by atomic mass is 35.5. The molecule has 2 fully saturated rings. The SMILES string of the molecule is Cn1cccc1C(=O)NC1CCN2C(=O)N(CCCl)C(=O)C2C1. The number of carbonyl (C=O) groups excluding carboxylic acids is 3. The van der Waals surface area contributed by atoms with Gasteiger partial charge in [0.2, 0.25) is 0 Å². The van der Waals surface area contributed by atoms with E-state index in [9.17, 15) is 14.4 Å². The molecule has 23 heavy (non-hydrogen) atoms. The van der Waals surface area contributed by atoms with Crippen molar-refractivity contribution in [1.29, 1.82) is 0 Å². The number of carbonyl (C=O) groups is 3. The van der Waals surface area contributed by atoms with Crippen LogP contribution in [0.4, 0.5) is 4.79 Å². The molecule has 0 spiro atoms. The van der Waals surface area contributed by atoms with E-state index in [0.29, 0.717) is 25.1 Å². The second-order valence-corrected chi connectivity index (χ2v) is 6.25. The molecule has 3 rings (SSSR count). The first kappa shape index (κ1) is 15.9. The third-order valence-corrected chi connectivity index (χ3v) is 4.62. The smallest absolute Gasteiger partial charge is 0.327 e. The van der Waals surface area contributed by atoms with Crippen LogP contribution < -0.4 is 5.32 Å². The number of aryl methyl sites for hydroxylation is 1. The van der Waals surface area contributed by atoms with Gasteiger partial charge in [-0.25, -0.2) is 4.79 Å². The molecule has 0 radical (unpaired) electrons. The zero-order valence-electron chi connectivity index (χ0n) is 12.9. The molecule has 7 nitrogen and oxygen atoms in total. The largest absolute Gasteiger partial charge is 0.348 e. The average molecular weight is 339 g/mol. The number of nitrogens with one attached hydrogen (secondary N) is 1. The van der Waals surface area contributed by atoms with Gasteiger partial charge in [-0.2, -0.15) is 0 Å². The summed E-state index contributed by atoms with van der Waals surface area (Å²) in [5.41, 5.74) is 0.574. The van der Waals surface area contributed by atoms with Crippen LogP contribution in [-0.2, 0) is 11.8 Å². The van der Waals surface area contributed by atoms with Crippen LogP contribution in [0.2, 0.25) is 0 Å².